The summed E-state index contributed by atoms with van der Waals surface area (Å²) in [5.41, 5.74) is 1.02. The van der Waals surface area contributed by atoms with Crippen molar-refractivity contribution >= 4 is 16.9 Å². The quantitative estimate of drug-likeness (QED) is 0.665. The summed E-state index contributed by atoms with van der Waals surface area (Å²) in [6.45, 7) is 1.19. The lowest BCUT2D eigenvalue weighted by molar-refractivity contribution is 0.0790. The topological polar surface area (TPSA) is 90.1 Å². The van der Waals surface area contributed by atoms with Crippen LogP contribution in [0.3, 0.4) is 0 Å². The van der Waals surface area contributed by atoms with Crippen molar-refractivity contribution in [2.24, 2.45) is 14.1 Å². The molecule has 0 N–H and O–H groups in total. The van der Waals surface area contributed by atoms with Crippen LogP contribution in [0.4, 0.5) is 0 Å². The Morgan fingerprint density at radius 1 is 1.07 bits per heavy atom. The standard InChI is InChI=1S/C19H19N5O3/c1-22-16-14(18(26)23(2)19(22)27)3-4-15(21-16)13-7-10-24(11-13)17(25)12-5-8-20-9-6-12/h3-6,8-9,13H,7,10-11H2,1-2H3/t13-/m1/s1. The maximum absolute atomic E-state index is 12.6. The number of fused-ring (bicyclic) bond motifs is 1. The van der Waals surface area contributed by atoms with Gasteiger partial charge in [-0.05, 0) is 30.7 Å². The molecule has 0 spiro atoms. The minimum Gasteiger partial charge on any atom is -0.338 e. The molecule has 0 aliphatic carbocycles. The highest BCUT2D eigenvalue weighted by Crippen LogP contribution is 2.27. The number of aromatic nitrogens is 4. The fourth-order valence-electron chi connectivity index (χ4n) is 3.56. The van der Waals surface area contributed by atoms with Crippen LogP contribution in [0.1, 0.15) is 28.4 Å². The summed E-state index contributed by atoms with van der Waals surface area (Å²) < 4.78 is 2.46. The molecule has 4 rings (SSSR count). The molecule has 3 aromatic heterocycles. The van der Waals surface area contributed by atoms with Crippen LogP contribution in [-0.2, 0) is 14.1 Å². The van der Waals surface area contributed by atoms with Gasteiger partial charge in [0.25, 0.3) is 11.5 Å². The highest BCUT2D eigenvalue weighted by molar-refractivity contribution is 5.94. The van der Waals surface area contributed by atoms with Crippen LogP contribution in [0.2, 0.25) is 0 Å². The summed E-state index contributed by atoms with van der Waals surface area (Å²) in [5, 5.41) is 0.408. The Hall–Kier alpha value is -3.29. The number of hydrogen-bond acceptors (Lipinski definition) is 5. The van der Waals surface area contributed by atoms with Crippen LogP contribution in [-0.4, -0.2) is 43.0 Å². The molecule has 1 aliphatic rings. The zero-order valence-corrected chi connectivity index (χ0v) is 15.1. The maximum atomic E-state index is 12.6. The highest BCUT2D eigenvalue weighted by atomic mass is 16.2. The number of rotatable bonds is 2. The zero-order chi connectivity index (χ0) is 19.1. The minimum absolute atomic E-state index is 0.0260. The summed E-state index contributed by atoms with van der Waals surface area (Å²) in [4.78, 5) is 47.4. The van der Waals surface area contributed by atoms with Crippen LogP contribution < -0.4 is 11.2 Å². The third kappa shape index (κ3) is 2.83. The molecular formula is C19H19N5O3. The molecule has 8 heteroatoms. The Labute approximate surface area is 154 Å². The smallest absolute Gasteiger partial charge is 0.332 e. The highest BCUT2D eigenvalue weighted by Gasteiger charge is 2.29. The normalized spacial score (nSPS) is 16.8. The fourth-order valence-corrected chi connectivity index (χ4v) is 3.56. The van der Waals surface area contributed by atoms with Crippen LogP contribution in [0, 0.1) is 0 Å². The van der Waals surface area contributed by atoms with Gasteiger partial charge in [0.2, 0.25) is 0 Å². The van der Waals surface area contributed by atoms with E-state index in [0.717, 1.165) is 16.7 Å². The van der Waals surface area contributed by atoms with Gasteiger partial charge in [0, 0.05) is 56.8 Å². The Morgan fingerprint density at radius 2 is 1.81 bits per heavy atom. The summed E-state index contributed by atoms with van der Waals surface area (Å²) in [7, 11) is 3.06. The van der Waals surface area contributed by atoms with Crippen LogP contribution in [0.5, 0.6) is 0 Å². The molecule has 27 heavy (non-hydrogen) atoms. The molecule has 1 saturated heterocycles. The summed E-state index contributed by atoms with van der Waals surface area (Å²) >= 11 is 0. The third-order valence-corrected chi connectivity index (χ3v) is 5.14. The lowest BCUT2D eigenvalue weighted by Crippen LogP contribution is -2.37. The monoisotopic (exact) mass is 365 g/mol. The van der Waals surface area contributed by atoms with Crippen LogP contribution in [0.25, 0.3) is 11.0 Å². The van der Waals surface area contributed by atoms with Gasteiger partial charge in [-0.3, -0.25) is 23.7 Å². The number of nitrogens with zero attached hydrogens (tertiary/aromatic N) is 5. The van der Waals surface area contributed by atoms with Gasteiger partial charge in [0.1, 0.15) is 5.65 Å². The lowest BCUT2D eigenvalue weighted by Gasteiger charge is -2.16. The molecule has 0 aromatic carbocycles. The Morgan fingerprint density at radius 3 is 2.56 bits per heavy atom. The first-order chi connectivity index (χ1) is 13.0. The van der Waals surface area contributed by atoms with Crippen molar-refractivity contribution in [2.45, 2.75) is 12.3 Å². The van der Waals surface area contributed by atoms with E-state index in [1.807, 2.05) is 6.07 Å². The van der Waals surface area contributed by atoms with Crippen molar-refractivity contribution in [1.29, 1.82) is 0 Å². The lowest BCUT2D eigenvalue weighted by atomic mass is 10.0. The molecule has 138 valence electrons. The van der Waals surface area contributed by atoms with E-state index < -0.39 is 5.69 Å². The molecule has 1 aliphatic heterocycles. The molecule has 1 atom stereocenters. The van der Waals surface area contributed by atoms with Crippen molar-refractivity contribution in [3.05, 3.63) is 68.8 Å². The Bertz CT molecular complexity index is 1150. The molecule has 0 radical (unpaired) electrons. The summed E-state index contributed by atoms with van der Waals surface area (Å²) in [6.07, 6.45) is 3.99. The second-order valence-corrected chi connectivity index (χ2v) is 6.79. The first kappa shape index (κ1) is 17.1. The number of amides is 1. The predicted molar refractivity (Wildman–Crippen MR) is 99.7 cm³/mol. The molecule has 8 nitrogen and oxygen atoms in total. The van der Waals surface area contributed by atoms with Crippen LogP contribution in [0.15, 0.2) is 46.2 Å². The van der Waals surface area contributed by atoms with Gasteiger partial charge in [-0.2, -0.15) is 0 Å². The first-order valence-electron chi connectivity index (χ1n) is 8.73. The van der Waals surface area contributed by atoms with Crippen molar-refractivity contribution in [2.75, 3.05) is 13.1 Å². The van der Waals surface area contributed by atoms with Gasteiger partial charge >= 0.3 is 5.69 Å². The predicted octanol–water partition coefficient (Wildman–Crippen LogP) is 0.657. The first-order valence-corrected chi connectivity index (χ1v) is 8.73. The number of likely N-dealkylation sites (tertiary alicyclic amines) is 1. The van der Waals surface area contributed by atoms with E-state index in [-0.39, 0.29) is 17.4 Å². The third-order valence-electron chi connectivity index (χ3n) is 5.14. The number of aryl methyl sites for hydroxylation is 1. The number of pyridine rings is 2. The number of carbonyl (C=O) groups is 1. The van der Waals surface area contributed by atoms with Gasteiger partial charge in [-0.1, -0.05) is 0 Å². The number of carbonyl (C=O) groups excluding carboxylic acids is 1. The van der Waals surface area contributed by atoms with Crippen molar-refractivity contribution in [3.63, 3.8) is 0 Å². The van der Waals surface area contributed by atoms with Crippen molar-refractivity contribution in [3.8, 4) is 0 Å². The molecule has 1 fully saturated rings. The molecule has 0 saturated carbocycles. The average molecular weight is 365 g/mol. The second-order valence-electron chi connectivity index (χ2n) is 6.79. The summed E-state index contributed by atoms with van der Waals surface area (Å²) in [6, 6.07) is 6.94. The van der Waals surface area contributed by atoms with E-state index in [0.29, 0.717) is 29.7 Å². The largest absolute Gasteiger partial charge is 0.338 e. The van der Waals surface area contributed by atoms with E-state index in [1.165, 1.54) is 11.6 Å². The SMILES string of the molecule is Cn1c(=O)c2ccc([C@@H]3CCN(C(=O)c4ccncc4)C3)nc2n(C)c1=O. The van der Waals surface area contributed by atoms with Gasteiger partial charge in [-0.25, -0.2) is 9.78 Å². The van der Waals surface area contributed by atoms with E-state index >= 15 is 0 Å². The second kappa shape index (κ2) is 6.46. The number of hydrogen-bond donors (Lipinski definition) is 0. The maximum Gasteiger partial charge on any atom is 0.332 e. The molecule has 0 unspecified atom stereocenters. The van der Waals surface area contributed by atoms with E-state index in [9.17, 15) is 14.4 Å². The molecular weight excluding hydrogens is 346 g/mol. The van der Waals surface area contributed by atoms with E-state index in [4.69, 9.17) is 0 Å². The van der Waals surface area contributed by atoms with Crippen molar-refractivity contribution in [1.82, 2.24) is 24.0 Å². The van der Waals surface area contributed by atoms with E-state index in [1.54, 1.807) is 42.5 Å². The fraction of sp³-hybridized carbons (Fsp3) is 0.316. The summed E-state index contributed by atoms with van der Waals surface area (Å²) in [5.74, 6) is 0.0429. The Balaban J connectivity index is 1.65. The molecule has 3 aromatic rings. The van der Waals surface area contributed by atoms with Gasteiger partial charge < -0.3 is 4.90 Å². The molecule has 0 bridgehead atoms. The Kier molecular flexibility index (Phi) is 4.10. The molecule has 4 heterocycles. The average Bonchev–Trinajstić information content (AvgIpc) is 3.20. The molecule has 1 amide bonds. The van der Waals surface area contributed by atoms with Gasteiger partial charge in [-0.15, -0.1) is 0 Å². The zero-order valence-electron chi connectivity index (χ0n) is 15.1. The van der Waals surface area contributed by atoms with Crippen LogP contribution >= 0.6 is 0 Å². The van der Waals surface area contributed by atoms with Crippen molar-refractivity contribution < 1.29 is 4.79 Å². The van der Waals surface area contributed by atoms with E-state index in [2.05, 4.69) is 9.97 Å². The minimum atomic E-state index is -0.405. The van der Waals surface area contributed by atoms with Gasteiger partial charge in [0.05, 0.1) is 5.39 Å². The van der Waals surface area contributed by atoms with Gasteiger partial charge in [0.15, 0.2) is 0 Å².